The zero-order chi connectivity index (χ0) is 17.2. The molecule has 122 valence electrons. The number of hydrogen-bond donors (Lipinski definition) is 0. The Kier molecular flexibility index (Phi) is 4.32. The molecule has 25 heavy (non-hydrogen) atoms. The fourth-order valence-electron chi connectivity index (χ4n) is 2.96. The van der Waals surface area contributed by atoms with Crippen LogP contribution in [0.2, 0.25) is 0 Å². The molecule has 1 heterocycles. The molecule has 4 rings (SSSR count). The molecule has 1 aliphatic rings. The normalized spacial score (nSPS) is 13.6. The summed E-state index contributed by atoms with van der Waals surface area (Å²) in [6, 6.07) is 26.7. The molecular formula is C20H16BBrN2O. The van der Waals surface area contributed by atoms with Crippen LogP contribution in [0.15, 0.2) is 88.5 Å². The molecule has 0 saturated carbocycles. The largest absolute Gasteiger partial charge is 0.550 e. The van der Waals surface area contributed by atoms with Gasteiger partial charge in [0.25, 0.3) is 0 Å². The number of oxime groups is 1. The maximum Gasteiger partial charge on any atom is 0.550 e. The van der Waals surface area contributed by atoms with Gasteiger partial charge in [-0.2, -0.15) is 0 Å². The Balaban J connectivity index is 1.80. The van der Waals surface area contributed by atoms with Crippen molar-refractivity contribution in [2.75, 3.05) is 4.81 Å². The van der Waals surface area contributed by atoms with Gasteiger partial charge in [-0.25, -0.2) is 0 Å². The van der Waals surface area contributed by atoms with Gasteiger partial charge in [-0.05, 0) is 42.2 Å². The van der Waals surface area contributed by atoms with Crippen LogP contribution in [0.5, 0.6) is 0 Å². The molecule has 0 saturated heterocycles. The van der Waals surface area contributed by atoms with Crippen molar-refractivity contribution in [3.8, 4) is 0 Å². The maximum absolute atomic E-state index is 5.85. The van der Waals surface area contributed by atoms with Gasteiger partial charge in [0.15, 0.2) is 5.84 Å². The van der Waals surface area contributed by atoms with E-state index in [1.54, 1.807) is 0 Å². The van der Waals surface area contributed by atoms with E-state index < -0.39 is 0 Å². The number of halogens is 1. The molecule has 0 fully saturated rings. The van der Waals surface area contributed by atoms with Crippen LogP contribution in [0.1, 0.15) is 11.1 Å². The summed E-state index contributed by atoms with van der Waals surface area (Å²) in [6.45, 7) is 2.09. The van der Waals surface area contributed by atoms with Crippen molar-refractivity contribution in [2.45, 2.75) is 6.92 Å². The summed E-state index contributed by atoms with van der Waals surface area (Å²) in [7, 11) is -0.276. The Hall–Kier alpha value is -2.53. The second-order valence-corrected chi connectivity index (χ2v) is 6.91. The van der Waals surface area contributed by atoms with E-state index in [4.69, 9.17) is 4.76 Å². The predicted molar refractivity (Wildman–Crippen MR) is 107 cm³/mol. The van der Waals surface area contributed by atoms with E-state index in [-0.39, 0.29) is 7.05 Å². The number of hydrogen-bond acceptors (Lipinski definition) is 3. The first-order valence-corrected chi connectivity index (χ1v) is 8.92. The van der Waals surface area contributed by atoms with Gasteiger partial charge in [0.05, 0.1) is 0 Å². The summed E-state index contributed by atoms with van der Waals surface area (Å²) < 4.78 is 6.88. The summed E-state index contributed by atoms with van der Waals surface area (Å²) >= 11 is 3.49. The molecule has 0 N–H and O–H groups in total. The Morgan fingerprint density at radius 2 is 1.68 bits per heavy atom. The number of benzene rings is 3. The van der Waals surface area contributed by atoms with E-state index >= 15 is 0 Å². The highest BCUT2D eigenvalue weighted by atomic mass is 79.9. The Labute approximate surface area is 156 Å². The molecule has 0 bridgehead atoms. The number of aryl methyl sites for hydroxylation is 1. The van der Waals surface area contributed by atoms with Crippen molar-refractivity contribution < 1.29 is 4.76 Å². The van der Waals surface area contributed by atoms with Gasteiger partial charge in [-0.3, -0.25) is 0 Å². The molecule has 0 aliphatic carbocycles. The zero-order valence-electron chi connectivity index (χ0n) is 13.8. The summed E-state index contributed by atoms with van der Waals surface area (Å²) in [4.78, 5) is 2.14. The van der Waals surface area contributed by atoms with Crippen molar-refractivity contribution in [1.29, 1.82) is 0 Å². The van der Waals surface area contributed by atoms with Crippen LogP contribution in [0.25, 0.3) is 0 Å². The quantitative estimate of drug-likeness (QED) is 0.621. The minimum absolute atomic E-state index is 0.276. The lowest BCUT2D eigenvalue weighted by atomic mass is 9.71. The first-order valence-electron chi connectivity index (χ1n) is 8.13. The molecule has 0 amide bonds. The molecule has 3 aromatic rings. The van der Waals surface area contributed by atoms with Crippen LogP contribution in [0, 0.1) is 6.92 Å². The van der Waals surface area contributed by atoms with Gasteiger partial charge >= 0.3 is 7.05 Å². The number of nitrogens with zero attached hydrogens (tertiary/aromatic N) is 2. The maximum atomic E-state index is 5.85. The van der Waals surface area contributed by atoms with Crippen molar-refractivity contribution in [2.24, 2.45) is 5.16 Å². The lowest BCUT2D eigenvalue weighted by Gasteiger charge is -2.23. The molecule has 0 unspecified atom stereocenters. The minimum atomic E-state index is -0.276. The predicted octanol–water partition coefficient (Wildman–Crippen LogP) is 4.35. The second-order valence-electron chi connectivity index (χ2n) is 6.00. The SMILES string of the molecule is Cc1cccc(N2B(c3ccccc3)ON=C2c2ccc(Br)cc2)c1. The van der Waals surface area contributed by atoms with E-state index in [0.717, 1.165) is 27.0 Å². The first kappa shape index (κ1) is 16.0. The molecule has 0 spiro atoms. The van der Waals surface area contributed by atoms with Crippen LogP contribution in [-0.2, 0) is 4.76 Å². The van der Waals surface area contributed by atoms with E-state index in [1.807, 2.05) is 42.5 Å². The van der Waals surface area contributed by atoms with Crippen LogP contribution in [-0.4, -0.2) is 12.9 Å². The van der Waals surface area contributed by atoms with Crippen molar-refractivity contribution in [3.05, 3.63) is 94.5 Å². The Morgan fingerprint density at radius 1 is 0.920 bits per heavy atom. The van der Waals surface area contributed by atoms with E-state index in [0.29, 0.717) is 0 Å². The van der Waals surface area contributed by atoms with Crippen molar-refractivity contribution >= 4 is 40.0 Å². The Morgan fingerprint density at radius 3 is 2.40 bits per heavy atom. The number of anilines is 1. The van der Waals surface area contributed by atoms with E-state index in [9.17, 15) is 0 Å². The fraction of sp³-hybridized carbons (Fsp3) is 0.0500. The van der Waals surface area contributed by atoms with Gasteiger partial charge in [0.2, 0.25) is 0 Å². The van der Waals surface area contributed by atoms with Crippen LogP contribution < -0.4 is 10.3 Å². The Bertz CT molecular complexity index is 912. The molecule has 0 atom stereocenters. The monoisotopic (exact) mass is 390 g/mol. The molecule has 3 aromatic carbocycles. The average Bonchev–Trinajstić information content (AvgIpc) is 3.08. The minimum Gasteiger partial charge on any atom is -0.432 e. The molecule has 5 heteroatoms. The van der Waals surface area contributed by atoms with Crippen LogP contribution in [0.4, 0.5) is 5.69 Å². The highest BCUT2D eigenvalue weighted by molar-refractivity contribution is 9.10. The van der Waals surface area contributed by atoms with E-state index in [1.165, 1.54) is 5.56 Å². The lowest BCUT2D eigenvalue weighted by molar-refractivity contribution is 0.367. The molecular weight excluding hydrogens is 375 g/mol. The highest BCUT2D eigenvalue weighted by Gasteiger charge is 2.39. The summed E-state index contributed by atoms with van der Waals surface area (Å²) in [6.07, 6.45) is 0. The number of amidine groups is 1. The van der Waals surface area contributed by atoms with Gasteiger partial charge in [-0.15, -0.1) is 0 Å². The van der Waals surface area contributed by atoms with E-state index in [2.05, 4.69) is 69.2 Å². The van der Waals surface area contributed by atoms with Gasteiger partial charge in [-0.1, -0.05) is 75.7 Å². The zero-order valence-corrected chi connectivity index (χ0v) is 15.3. The van der Waals surface area contributed by atoms with Gasteiger partial charge in [0.1, 0.15) is 0 Å². The third-order valence-corrected chi connectivity index (χ3v) is 4.70. The van der Waals surface area contributed by atoms with Crippen LogP contribution >= 0.6 is 15.9 Å². The van der Waals surface area contributed by atoms with Crippen molar-refractivity contribution in [3.63, 3.8) is 0 Å². The molecule has 3 nitrogen and oxygen atoms in total. The average molecular weight is 391 g/mol. The molecule has 0 aromatic heterocycles. The fourth-order valence-corrected chi connectivity index (χ4v) is 3.22. The highest BCUT2D eigenvalue weighted by Crippen LogP contribution is 2.25. The standard InChI is InChI=1S/C20H16BBrN2O/c1-15-6-5-9-19(14-15)24-20(16-10-12-18(22)13-11-16)23-25-21(24)17-7-3-2-4-8-17/h2-14H,1H3. The topological polar surface area (TPSA) is 24.8 Å². The van der Waals surface area contributed by atoms with Gasteiger partial charge < -0.3 is 9.57 Å². The second kappa shape index (κ2) is 6.77. The smallest absolute Gasteiger partial charge is 0.432 e. The summed E-state index contributed by atoms with van der Waals surface area (Å²) in [5.74, 6) is 0.812. The molecule has 1 aliphatic heterocycles. The summed E-state index contributed by atoms with van der Waals surface area (Å²) in [5.41, 5.74) is 4.35. The lowest BCUT2D eigenvalue weighted by Crippen LogP contribution is -2.49. The number of rotatable bonds is 3. The first-order chi connectivity index (χ1) is 12.2. The van der Waals surface area contributed by atoms with Crippen LogP contribution in [0.3, 0.4) is 0 Å². The third kappa shape index (κ3) is 3.20. The van der Waals surface area contributed by atoms with Crippen molar-refractivity contribution in [1.82, 2.24) is 0 Å². The third-order valence-electron chi connectivity index (χ3n) is 4.17. The van der Waals surface area contributed by atoms with Gasteiger partial charge in [0, 0.05) is 15.7 Å². The summed E-state index contributed by atoms with van der Waals surface area (Å²) in [5, 5.41) is 4.41. The molecule has 0 radical (unpaired) electrons.